The minimum absolute atomic E-state index is 0.0166. The van der Waals surface area contributed by atoms with Crippen LogP contribution in [0.1, 0.15) is 36.9 Å². The third-order valence-corrected chi connectivity index (χ3v) is 4.05. The number of nitrogens with one attached hydrogen (secondary N) is 1. The van der Waals surface area contributed by atoms with Crippen molar-refractivity contribution in [3.8, 4) is 0 Å². The first-order valence-corrected chi connectivity index (χ1v) is 8.25. The van der Waals surface area contributed by atoms with Gasteiger partial charge in [0.25, 0.3) is 0 Å². The maximum Gasteiger partial charge on any atom is 0.147 e. The molecule has 5 heteroatoms. The summed E-state index contributed by atoms with van der Waals surface area (Å²) in [6.45, 7) is 2.10. The standard InChI is InChI=1S/C13H22N2O2S/c1-3-11-7-4-5-8-12(11)13(15-14)9-6-10-18(2,16)17/h4-5,7-8,13,15H,3,6,9-10,14H2,1-2H3. The Morgan fingerprint density at radius 2 is 2.00 bits per heavy atom. The molecule has 0 amide bonds. The first-order valence-electron chi connectivity index (χ1n) is 6.19. The summed E-state index contributed by atoms with van der Waals surface area (Å²) in [4.78, 5) is 0. The van der Waals surface area contributed by atoms with Crippen LogP contribution in [0.4, 0.5) is 0 Å². The smallest absolute Gasteiger partial charge is 0.147 e. The molecular weight excluding hydrogens is 248 g/mol. The number of nitrogens with two attached hydrogens (primary N) is 1. The molecule has 3 N–H and O–H groups in total. The molecule has 1 aromatic rings. The van der Waals surface area contributed by atoms with Crippen LogP contribution in [0.25, 0.3) is 0 Å². The fourth-order valence-corrected chi connectivity index (χ4v) is 2.77. The molecule has 0 fully saturated rings. The van der Waals surface area contributed by atoms with Crippen molar-refractivity contribution in [1.82, 2.24) is 5.43 Å². The summed E-state index contributed by atoms with van der Waals surface area (Å²) in [6.07, 6.45) is 3.55. The van der Waals surface area contributed by atoms with Crippen molar-refractivity contribution in [3.05, 3.63) is 35.4 Å². The van der Waals surface area contributed by atoms with Crippen molar-refractivity contribution < 1.29 is 8.42 Å². The minimum Gasteiger partial charge on any atom is -0.271 e. The summed E-state index contributed by atoms with van der Waals surface area (Å²) in [5, 5.41) is 0. The Morgan fingerprint density at radius 3 is 2.56 bits per heavy atom. The molecule has 4 nitrogen and oxygen atoms in total. The first-order chi connectivity index (χ1) is 8.48. The fourth-order valence-electron chi connectivity index (χ4n) is 2.07. The van der Waals surface area contributed by atoms with Gasteiger partial charge < -0.3 is 0 Å². The average molecular weight is 270 g/mol. The molecule has 0 bridgehead atoms. The van der Waals surface area contributed by atoms with Crippen molar-refractivity contribution in [2.24, 2.45) is 5.84 Å². The van der Waals surface area contributed by atoms with Gasteiger partial charge in [-0.1, -0.05) is 31.2 Å². The number of rotatable bonds is 7. The number of hydrogen-bond donors (Lipinski definition) is 2. The Labute approximate surface area is 109 Å². The summed E-state index contributed by atoms with van der Waals surface area (Å²) in [5.41, 5.74) is 5.20. The van der Waals surface area contributed by atoms with Crippen molar-refractivity contribution in [2.45, 2.75) is 32.2 Å². The lowest BCUT2D eigenvalue weighted by atomic mass is 9.96. The van der Waals surface area contributed by atoms with Crippen molar-refractivity contribution in [2.75, 3.05) is 12.0 Å². The lowest BCUT2D eigenvalue weighted by Crippen LogP contribution is -2.29. The van der Waals surface area contributed by atoms with E-state index < -0.39 is 9.84 Å². The van der Waals surface area contributed by atoms with Crippen LogP contribution in [-0.4, -0.2) is 20.4 Å². The monoisotopic (exact) mass is 270 g/mol. The van der Waals surface area contributed by atoms with Gasteiger partial charge in [-0.15, -0.1) is 0 Å². The number of hydrazine groups is 1. The molecule has 0 aliphatic rings. The summed E-state index contributed by atoms with van der Waals surface area (Å²) in [7, 11) is -2.89. The normalized spacial score (nSPS) is 13.5. The van der Waals surface area contributed by atoms with E-state index in [2.05, 4.69) is 18.4 Å². The third-order valence-electron chi connectivity index (χ3n) is 3.02. The molecule has 18 heavy (non-hydrogen) atoms. The molecule has 1 rings (SSSR count). The Morgan fingerprint density at radius 1 is 1.33 bits per heavy atom. The Hall–Kier alpha value is -0.910. The molecule has 102 valence electrons. The molecule has 1 aromatic carbocycles. The molecule has 1 unspecified atom stereocenters. The lowest BCUT2D eigenvalue weighted by Gasteiger charge is -2.19. The van der Waals surface area contributed by atoms with E-state index in [-0.39, 0.29) is 11.8 Å². The van der Waals surface area contributed by atoms with E-state index >= 15 is 0 Å². The molecule has 0 saturated heterocycles. The van der Waals surface area contributed by atoms with Crippen LogP contribution in [-0.2, 0) is 16.3 Å². The maximum atomic E-state index is 11.1. The van der Waals surface area contributed by atoms with Gasteiger partial charge in [0.1, 0.15) is 9.84 Å². The molecule has 0 heterocycles. The molecule has 0 aliphatic heterocycles. The second-order valence-electron chi connectivity index (χ2n) is 4.54. The average Bonchev–Trinajstić information content (AvgIpc) is 2.33. The lowest BCUT2D eigenvalue weighted by molar-refractivity contribution is 0.504. The van der Waals surface area contributed by atoms with Crippen molar-refractivity contribution in [1.29, 1.82) is 0 Å². The van der Waals surface area contributed by atoms with Gasteiger partial charge in [-0.25, -0.2) is 8.42 Å². The summed E-state index contributed by atoms with van der Waals surface area (Å²) < 4.78 is 22.2. The van der Waals surface area contributed by atoms with Crippen LogP contribution in [0, 0.1) is 0 Å². The number of sulfone groups is 1. The van der Waals surface area contributed by atoms with E-state index in [4.69, 9.17) is 5.84 Å². The number of aryl methyl sites for hydroxylation is 1. The highest BCUT2D eigenvalue weighted by Crippen LogP contribution is 2.22. The van der Waals surface area contributed by atoms with Crippen LogP contribution in [0.2, 0.25) is 0 Å². The molecule has 1 atom stereocenters. The van der Waals surface area contributed by atoms with Crippen LogP contribution in [0.15, 0.2) is 24.3 Å². The summed E-state index contributed by atoms with van der Waals surface area (Å²) in [5.74, 6) is 5.79. The molecule has 0 radical (unpaired) electrons. The second-order valence-corrected chi connectivity index (χ2v) is 6.80. The molecule has 0 aromatic heterocycles. The molecule has 0 spiro atoms. The Kier molecular flexibility index (Phi) is 5.78. The molecule has 0 aliphatic carbocycles. The number of benzene rings is 1. The zero-order chi connectivity index (χ0) is 13.6. The largest absolute Gasteiger partial charge is 0.271 e. The first kappa shape index (κ1) is 15.1. The highest BCUT2D eigenvalue weighted by atomic mass is 32.2. The van der Waals surface area contributed by atoms with E-state index in [1.165, 1.54) is 11.8 Å². The van der Waals surface area contributed by atoms with E-state index in [1.807, 2.05) is 18.2 Å². The van der Waals surface area contributed by atoms with E-state index in [0.717, 1.165) is 18.4 Å². The van der Waals surface area contributed by atoms with Crippen LogP contribution >= 0.6 is 0 Å². The van der Waals surface area contributed by atoms with Gasteiger partial charge in [-0.2, -0.15) is 0 Å². The van der Waals surface area contributed by atoms with Crippen molar-refractivity contribution >= 4 is 9.84 Å². The minimum atomic E-state index is -2.89. The highest BCUT2D eigenvalue weighted by molar-refractivity contribution is 7.90. The zero-order valence-electron chi connectivity index (χ0n) is 11.0. The maximum absolute atomic E-state index is 11.1. The quantitative estimate of drug-likeness (QED) is 0.583. The van der Waals surface area contributed by atoms with Crippen molar-refractivity contribution in [3.63, 3.8) is 0 Å². The highest BCUT2D eigenvalue weighted by Gasteiger charge is 2.13. The van der Waals surface area contributed by atoms with Gasteiger partial charge >= 0.3 is 0 Å². The van der Waals surface area contributed by atoms with Crippen LogP contribution < -0.4 is 11.3 Å². The summed E-state index contributed by atoms with van der Waals surface area (Å²) >= 11 is 0. The molecule has 0 saturated carbocycles. The van der Waals surface area contributed by atoms with Gasteiger partial charge in [0.15, 0.2) is 0 Å². The van der Waals surface area contributed by atoms with Gasteiger partial charge in [0, 0.05) is 18.1 Å². The fraction of sp³-hybridized carbons (Fsp3) is 0.538. The molecular formula is C13H22N2O2S. The van der Waals surface area contributed by atoms with Crippen LogP contribution in [0.5, 0.6) is 0 Å². The second kappa shape index (κ2) is 6.87. The third kappa shape index (κ3) is 4.76. The zero-order valence-corrected chi connectivity index (χ0v) is 11.8. The number of hydrogen-bond acceptors (Lipinski definition) is 4. The SMILES string of the molecule is CCc1ccccc1C(CCCS(C)(=O)=O)NN. The predicted octanol–water partition coefficient (Wildman–Crippen LogP) is 1.58. The predicted molar refractivity (Wildman–Crippen MR) is 74.8 cm³/mol. The van der Waals surface area contributed by atoms with Gasteiger partial charge in [0.05, 0.1) is 0 Å². The van der Waals surface area contributed by atoms with E-state index in [9.17, 15) is 8.42 Å². The summed E-state index contributed by atoms with van der Waals surface area (Å²) in [6, 6.07) is 8.13. The van der Waals surface area contributed by atoms with E-state index in [0.29, 0.717) is 6.42 Å². The van der Waals surface area contributed by atoms with Gasteiger partial charge in [-0.3, -0.25) is 11.3 Å². The van der Waals surface area contributed by atoms with Gasteiger partial charge in [-0.05, 0) is 30.4 Å². The Balaban J connectivity index is 2.71. The van der Waals surface area contributed by atoms with Crippen LogP contribution in [0.3, 0.4) is 0 Å². The topological polar surface area (TPSA) is 72.2 Å². The Bertz CT molecular complexity index is 472. The van der Waals surface area contributed by atoms with E-state index in [1.54, 1.807) is 0 Å². The van der Waals surface area contributed by atoms with Gasteiger partial charge in [0.2, 0.25) is 0 Å².